The largest absolute Gasteiger partial charge is 0.297 e. The van der Waals surface area contributed by atoms with Crippen molar-refractivity contribution >= 4 is 39.1 Å². The zero-order chi connectivity index (χ0) is 12.7. The summed E-state index contributed by atoms with van der Waals surface area (Å²) in [5.74, 6) is 1.22. The number of hydrogen-bond acceptors (Lipinski definition) is 1. The molecule has 0 heterocycles. The monoisotopic (exact) mass is 337 g/mol. The molecule has 0 aromatic heterocycles. The maximum absolute atomic E-state index is 6.11. The van der Waals surface area contributed by atoms with Crippen molar-refractivity contribution in [2.24, 2.45) is 0 Å². The van der Waals surface area contributed by atoms with E-state index in [0.717, 1.165) is 18.3 Å². The van der Waals surface area contributed by atoms with Crippen LogP contribution in [-0.4, -0.2) is 35.6 Å². The Morgan fingerprint density at radius 3 is 2.59 bits per heavy atom. The second-order valence-electron chi connectivity index (χ2n) is 3.98. The third kappa shape index (κ3) is 4.44. The highest BCUT2D eigenvalue weighted by molar-refractivity contribution is 9.09. The zero-order valence-electron chi connectivity index (χ0n) is 10.0. The number of halogens is 3. The van der Waals surface area contributed by atoms with E-state index in [4.69, 9.17) is 23.2 Å². The first-order chi connectivity index (χ1) is 8.24. The molecule has 1 nitrogen and oxygen atoms in total. The Labute approximate surface area is 122 Å². The van der Waals surface area contributed by atoms with Crippen molar-refractivity contribution in [3.05, 3.63) is 35.4 Å². The van der Waals surface area contributed by atoms with Gasteiger partial charge in [-0.05, 0) is 24.6 Å². The summed E-state index contributed by atoms with van der Waals surface area (Å²) in [6.45, 7) is 0.849. The quantitative estimate of drug-likeness (QED) is 0.677. The molecule has 0 aliphatic rings. The van der Waals surface area contributed by atoms with Crippen molar-refractivity contribution in [3.63, 3.8) is 0 Å². The second-order valence-corrected chi connectivity index (χ2v) is 5.46. The third-order valence-corrected chi connectivity index (χ3v) is 3.75. The Bertz CT molecular complexity index is 333. The molecule has 1 aromatic carbocycles. The molecule has 0 spiro atoms. The van der Waals surface area contributed by atoms with Crippen LogP contribution in [0, 0.1) is 0 Å². The van der Waals surface area contributed by atoms with Crippen LogP contribution in [0.15, 0.2) is 24.3 Å². The average molecular weight is 339 g/mol. The van der Waals surface area contributed by atoms with Gasteiger partial charge in [0, 0.05) is 29.7 Å². The van der Waals surface area contributed by atoms with Crippen molar-refractivity contribution in [3.8, 4) is 0 Å². The normalized spacial score (nSPS) is 13.0. The van der Waals surface area contributed by atoms with Crippen LogP contribution in [0.4, 0.5) is 0 Å². The molecule has 0 saturated carbocycles. The van der Waals surface area contributed by atoms with Crippen LogP contribution < -0.4 is 0 Å². The standard InChI is InChI=1S/C13H18BrCl2N/c1-17(9-8-15)13(10-16)12-5-3-2-4-11(12)6-7-14/h2-5,13H,6-10H2,1H3. The maximum atomic E-state index is 6.11. The Morgan fingerprint density at radius 2 is 2.00 bits per heavy atom. The van der Waals surface area contributed by atoms with Crippen molar-refractivity contribution in [2.75, 3.05) is 30.7 Å². The molecule has 1 rings (SSSR count). The first-order valence-electron chi connectivity index (χ1n) is 5.70. The highest BCUT2D eigenvalue weighted by Crippen LogP contribution is 2.25. The van der Waals surface area contributed by atoms with Gasteiger partial charge in [-0.2, -0.15) is 0 Å². The van der Waals surface area contributed by atoms with E-state index in [1.807, 2.05) is 0 Å². The summed E-state index contributed by atoms with van der Waals surface area (Å²) in [4.78, 5) is 2.22. The fourth-order valence-corrected chi connectivity index (χ4v) is 3.01. The molecular weight excluding hydrogens is 321 g/mol. The van der Waals surface area contributed by atoms with E-state index in [9.17, 15) is 0 Å². The molecule has 0 radical (unpaired) electrons. The molecule has 4 heteroatoms. The van der Waals surface area contributed by atoms with Crippen LogP contribution in [-0.2, 0) is 6.42 Å². The summed E-state index contributed by atoms with van der Waals surface area (Å²) in [5.41, 5.74) is 2.67. The van der Waals surface area contributed by atoms with E-state index in [0.29, 0.717) is 11.8 Å². The Kier molecular flexibility index (Phi) is 7.52. The van der Waals surface area contributed by atoms with Gasteiger partial charge < -0.3 is 0 Å². The highest BCUT2D eigenvalue weighted by atomic mass is 79.9. The Hall–Kier alpha value is 0.240. The summed E-state index contributed by atoms with van der Waals surface area (Å²) in [6, 6.07) is 8.72. The lowest BCUT2D eigenvalue weighted by atomic mass is 9.99. The van der Waals surface area contributed by atoms with Gasteiger partial charge in [-0.1, -0.05) is 40.2 Å². The van der Waals surface area contributed by atoms with Gasteiger partial charge in [0.25, 0.3) is 0 Å². The lowest BCUT2D eigenvalue weighted by Crippen LogP contribution is -2.28. The molecule has 1 atom stereocenters. The summed E-state index contributed by atoms with van der Waals surface area (Å²) in [6.07, 6.45) is 1.03. The fraction of sp³-hybridized carbons (Fsp3) is 0.538. The fourth-order valence-electron chi connectivity index (χ4n) is 1.92. The van der Waals surface area contributed by atoms with Crippen molar-refractivity contribution in [1.29, 1.82) is 0 Å². The van der Waals surface area contributed by atoms with Gasteiger partial charge in [0.05, 0.1) is 0 Å². The van der Waals surface area contributed by atoms with Crippen molar-refractivity contribution in [1.82, 2.24) is 4.90 Å². The highest BCUT2D eigenvalue weighted by Gasteiger charge is 2.18. The molecule has 0 N–H and O–H groups in total. The van der Waals surface area contributed by atoms with Crippen LogP contribution in [0.25, 0.3) is 0 Å². The minimum atomic E-state index is 0.241. The van der Waals surface area contributed by atoms with Crippen LogP contribution in [0.2, 0.25) is 0 Å². The lowest BCUT2D eigenvalue weighted by molar-refractivity contribution is 0.279. The molecule has 0 fully saturated rings. The summed E-state index contributed by atoms with van der Waals surface area (Å²) >= 11 is 15.4. The topological polar surface area (TPSA) is 3.24 Å². The molecule has 96 valence electrons. The van der Waals surface area contributed by atoms with Crippen LogP contribution >= 0.6 is 39.1 Å². The van der Waals surface area contributed by atoms with Crippen LogP contribution in [0.5, 0.6) is 0 Å². The van der Waals surface area contributed by atoms with E-state index in [-0.39, 0.29) is 6.04 Å². The molecule has 0 bridgehead atoms. The van der Waals surface area contributed by atoms with Crippen LogP contribution in [0.3, 0.4) is 0 Å². The van der Waals surface area contributed by atoms with E-state index in [1.54, 1.807) is 0 Å². The Balaban J connectivity index is 2.93. The summed E-state index contributed by atoms with van der Waals surface area (Å²) in [5, 5.41) is 0.970. The number of rotatable bonds is 7. The smallest absolute Gasteiger partial charge is 0.0483 e. The van der Waals surface area contributed by atoms with E-state index >= 15 is 0 Å². The van der Waals surface area contributed by atoms with Crippen LogP contribution in [0.1, 0.15) is 17.2 Å². The van der Waals surface area contributed by atoms with Gasteiger partial charge in [-0.25, -0.2) is 0 Å². The predicted molar refractivity (Wildman–Crippen MR) is 80.8 cm³/mol. The minimum absolute atomic E-state index is 0.241. The summed E-state index contributed by atoms with van der Waals surface area (Å²) in [7, 11) is 2.07. The van der Waals surface area contributed by atoms with E-state index < -0.39 is 0 Å². The first-order valence-corrected chi connectivity index (χ1v) is 7.89. The van der Waals surface area contributed by atoms with E-state index in [1.165, 1.54) is 11.1 Å². The molecule has 0 amide bonds. The minimum Gasteiger partial charge on any atom is -0.297 e. The maximum Gasteiger partial charge on any atom is 0.0483 e. The van der Waals surface area contributed by atoms with Crippen molar-refractivity contribution in [2.45, 2.75) is 12.5 Å². The number of benzene rings is 1. The van der Waals surface area contributed by atoms with E-state index in [2.05, 4.69) is 52.1 Å². The summed E-state index contributed by atoms with van der Waals surface area (Å²) < 4.78 is 0. The lowest BCUT2D eigenvalue weighted by Gasteiger charge is -2.27. The number of aryl methyl sites for hydroxylation is 1. The third-order valence-electron chi connectivity index (χ3n) is 2.89. The molecule has 0 aliphatic carbocycles. The zero-order valence-corrected chi connectivity index (χ0v) is 13.1. The number of hydrogen-bond donors (Lipinski definition) is 0. The molecular formula is C13H18BrCl2N. The van der Waals surface area contributed by atoms with Gasteiger partial charge in [0.15, 0.2) is 0 Å². The molecule has 17 heavy (non-hydrogen) atoms. The second kappa shape index (κ2) is 8.36. The molecule has 1 unspecified atom stereocenters. The number of nitrogens with zero attached hydrogens (tertiary/aromatic N) is 1. The van der Waals surface area contributed by atoms with Gasteiger partial charge in [-0.3, -0.25) is 4.90 Å². The van der Waals surface area contributed by atoms with Gasteiger partial charge >= 0.3 is 0 Å². The molecule has 0 saturated heterocycles. The first kappa shape index (κ1) is 15.3. The van der Waals surface area contributed by atoms with Gasteiger partial charge in [0.1, 0.15) is 0 Å². The molecule has 1 aromatic rings. The number of alkyl halides is 3. The van der Waals surface area contributed by atoms with Gasteiger partial charge in [-0.15, -0.1) is 23.2 Å². The van der Waals surface area contributed by atoms with Crippen molar-refractivity contribution < 1.29 is 0 Å². The SMILES string of the molecule is CN(CCCl)C(CCl)c1ccccc1CCBr. The Morgan fingerprint density at radius 1 is 1.29 bits per heavy atom. The van der Waals surface area contributed by atoms with Gasteiger partial charge in [0.2, 0.25) is 0 Å². The molecule has 0 aliphatic heterocycles. The average Bonchev–Trinajstić information content (AvgIpc) is 2.33. The predicted octanol–water partition coefficient (Wildman–Crippen LogP) is 4.07.